The standard InChI is InChI=1S/C67H116N4O29/c1-5-45-51(79)53(81)49(71-42(4)73)65(96-45)98-59-55(83)57(85)67(100-61(59)63(88)89)93-32-24-16-9-12-19-27-43(74)26-18-10-6-7-11-20-28-44(75)38-91-36-34-90-35-37-92-39-47(77)69-31-22-14-8-13-21-29-46(76)68-30-23-15-17-25-33-94-66-56(84)54(82)58(60(99-66)62(86)87)97-64-48(70-41(3)72)52(80)50(78)40(2)95-64/h40,45,48-61,64-67,78-85H,5-39H2,1-4H3,(H,68,76)(H,69,77)(H,70,72)(H,71,73)(H,86,87)(H,88,89). The Bertz CT molecular complexity index is 2390. The van der Waals surface area contributed by atoms with Crippen LogP contribution in [0.5, 0.6) is 0 Å². The Labute approximate surface area is 584 Å². The van der Waals surface area contributed by atoms with Crippen molar-refractivity contribution in [3.8, 4) is 0 Å². The van der Waals surface area contributed by atoms with Crippen LogP contribution in [0.4, 0.5) is 0 Å². The summed E-state index contributed by atoms with van der Waals surface area (Å²) in [7, 11) is 0. The largest absolute Gasteiger partial charge is 0.479 e. The van der Waals surface area contributed by atoms with Crippen LogP contribution in [-0.2, 0) is 90.5 Å². The van der Waals surface area contributed by atoms with E-state index in [1.54, 1.807) is 6.92 Å². The van der Waals surface area contributed by atoms with Gasteiger partial charge in [0.15, 0.2) is 43.2 Å². The lowest BCUT2D eigenvalue weighted by Gasteiger charge is -2.46. The zero-order chi connectivity index (χ0) is 73.5. The van der Waals surface area contributed by atoms with Gasteiger partial charge >= 0.3 is 11.9 Å². The van der Waals surface area contributed by atoms with Gasteiger partial charge in [0.2, 0.25) is 23.6 Å². The van der Waals surface area contributed by atoms with E-state index in [1.807, 2.05) is 0 Å². The Kier molecular flexibility index (Phi) is 43.2. The molecule has 33 heteroatoms. The monoisotopic (exact) mass is 1440 g/mol. The van der Waals surface area contributed by atoms with Crippen LogP contribution < -0.4 is 21.3 Å². The maximum absolute atomic E-state index is 12.5. The molecule has 4 saturated heterocycles. The van der Waals surface area contributed by atoms with Crippen molar-refractivity contribution in [1.82, 2.24) is 21.3 Å². The summed E-state index contributed by atoms with van der Waals surface area (Å²) < 4.78 is 61.3. The molecule has 0 saturated carbocycles. The van der Waals surface area contributed by atoms with E-state index in [0.29, 0.717) is 64.5 Å². The van der Waals surface area contributed by atoms with Crippen LogP contribution in [0, 0.1) is 0 Å². The van der Waals surface area contributed by atoms with E-state index < -0.39 is 146 Å². The third-order valence-electron chi connectivity index (χ3n) is 17.7. The molecule has 4 heterocycles. The molecule has 0 aliphatic carbocycles. The number of nitrogens with one attached hydrogen (secondary N) is 4. The van der Waals surface area contributed by atoms with Gasteiger partial charge in [-0.15, -0.1) is 0 Å². The van der Waals surface area contributed by atoms with Crippen LogP contribution >= 0.6 is 0 Å². The van der Waals surface area contributed by atoms with Gasteiger partial charge in [-0.05, 0) is 64.7 Å². The fourth-order valence-electron chi connectivity index (χ4n) is 12.0. The van der Waals surface area contributed by atoms with E-state index in [4.69, 9.17) is 52.1 Å². The molecule has 33 nitrogen and oxygen atoms in total. The molecule has 0 radical (unpaired) electrons. The number of hydrogen-bond acceptors (Lipinski definition) is 27. The van der Waals surface area contributed by atoms with Crippen molar-refractivity contribution in [1.29, 1.82) is 0 Å². The average molecular weight is 1440 g/mol. The van der Waals surface area contributed by atoms with Gasteiger partial charge < -0.3 is 124 Å². The van der Waals surface area contributed by atoms with Crippen molar-refractivity contribution in [2.24, 2.45) is 0 Å². The van der Waals surface area contributed by atoms with Gasteiger partial charge in [-0.3, -0.25) is 28.8 Å². The number of Topliss-reactive ketones (excluding diaryl/α,β-unsaturated/α-hetero) is 2. The molecule has 0 aromatic carbocycles. The van der Waals surface area contributed by atoms with Crippen LogP contribution in [0.1, 0.15) is 188 Å². The van der Waals surface area contributed by atoms with E-state index >= 15 is 0 Å². The molecule has 4 rings (SSSR count). The van der Waals surface area contributed by atoms with E-state index in [-0.39, 0.29) is 82.7 Å². The van der Waals surface area contributed by atoms with Crippen molar-refractivity contribution in [2.45, 2.75) is 311 Å². The molecule has 0 aromatic rings. The quantitative estimate of drug-likeness (QED) is 0.0356. The van der Waals surface area contributed by atoms with Gasteiger partial charge in [-0.2, -0.15) is 0 Å². The number of aliphatic carboxylic acids is 2. The number of carboxylic acid groups (broad SMARTS) is 2. The number of ketones is 2. The lowest BCUT2D eigenvalue weighted by Crippen LogP contribution is -2.67. The first kappa shape index (κ1) is 87.8. The minimum Gasteiger partial charge on any atom is -0.479 e. The van der Waals surface area contributed by atoms with Crippen LogP contribution in [-0.4, -0.2) is 287 Å². The number of carboxylic acids is 2. The molecule has 4 amide bonds. The van der Waals surface area contributed by atoms with E-state index in [2.05, 4.69) is 21.3 Å². The van der Waals surface area contributed by atoms with Crippen LogP contribution in [0.15, 0.2) is 0 Å². The number of hydrogen-bond donors (Lipinski definition) is 14. The van der Waals surface area contributed by atoms with E-state index in [1.165, 1.54) is 13.8 Å². The first-order chi connectivity index (χ1) is 47.9. The maximum atomic E-state index is 12.5. The summed E-state index contributed by atoms with van der Waals surface area (Å²) in [5, 5.41) is 116. The number of amides is 4. The Morgan fingerprint density at radius 2 is 0.770 bits per heavy atom. The Morgan fingerprint density at radius 3 is 1.23 bits per heavy atom. The van der Waals surface area contributed by atoms with Crippen LogP contribution in [0.3, 0.4) is 0 Å². The summed E-state index contributed by atoms with van der Waals surface area (Å²) in [5.74, 6) is -4.26. The number of ether oxygens (including phenoxy) is 11. The second kappa shape index (κ2) is 49.2. The van der Waals surface area contributed by atoms with Gasteiger partial charge in [0.05, 0.1) is 38.6 Å². The second-order valence-corrected chi connectivity index (χ2v) is 26.1. The summed E-state index contributed by atoms with van der Waals surface area (Å²) in [5.41, 5.74) is 0. The van der Waals surface area contributed by atoms with Gasteiger partial charge in [0, 0.05) is 65.8 Å². The topological polar surface area (TPSA) is 489 Å². The molecular weight excluding hydrogens is 1320 g/mol. The highest BCUT2D eigenvalue weighted by Gasteiger charge is 2.55. The van der Waals surface area contributed by atoms with Gasteiger partial charge in [0.25, 0.3) is 0 Å². The van der Waals surface area contributed by atoms with E-state index in [0.717, 1.165) is 110 Å². The first-order valence-corrected chi connectivity index (χ1v) is 35.8. The predicted octanol–water partition coefficient (Wildman–Crippen LogP) is -0.0319. The number of aliphatic hydroxyl groups excluding tert-OH is 8. The number of aliphatic hydroxyl groups is 8. The normalized spacial score (nSPS) is 29.9. The first-order valence-electron chi connectivity index (χ1n) is 35.8. The minimum atomic E-state index is -1.83. The zero-order valence-electron chi connectivity index (χ0n) is 58.5. The molecule has 20 atom stereocenters. The van der Waals surface area contributed by atoms with Crippen molar-refractivity contribution in [3.63, 3.8) is 0 Å². The lowest BCUT2D eigenvalue weighted by atomic mass is 9.94. The molecule has 0 aromatic heterocycles. The third kappa shape index (κ3) is 32.2. The van der Waals surface area contributed by atoms with E-state index in [9.17, 15) is 89.4 Å². The van der Waals surface area contributed by atoms with Gasteiger partial charge in [0.1, 0.15) is 92.1 Å². The fraction of sp³-hybridized carbons (Fsp3) is 0.881. The molecule has 4 aliphatic rings. The SMILES string of the molecule is CCC1OC(OC2C(C(=O)O)OC(OCCCCCCCC(=O)CCCCCCCCC(=O)COCCOCCOCC(=O)NCCCCCCCC(=O)NCCCCCCOC3OC(C(=O)O)C(OC4OC(C)C(O)C(O)C4NC(C)=O)C(O)C3O)C(O)C2O)C(NC(C)=O)C(O)C1O. The van der Waals surface area contributed by atoms with Gasteiger partial charge in [-0.1, -0.05) is 84.0 Å². The lowest BCUT2D eigenvalue weighted by molar-refractivity contribution is -0.339. The number of rotatable bonds is 53. The average Bonchev–Trinajstić information content (AvgIpc) is 0.792. The highest BCUT2D eigenvalue weighted by atomic mass is 16.8. The summed E-state index contributed by atoms with van der Waals surface area (Å²) in [6.45, 7) is 7.57. The summed E-state index contributed by atoms with van der Waals surface area (Å²) in [4.78, 5) is 97.2. The van der Waals surface area contributed by atoms with Crippen molar-refractivity contribution >= 4 is 47.1 Å². The van der Waals surface area contributed by atoms with Crippen LogP contribution in [0.2, 0.25) is 0 Å². The molecule has 4 aliphatic heterocycles. The molecule has 0 bridgehead atoms. The smallest absolute Gasteiger partial charge is 0.335 e. The molecule has 20 unspecified atom stereocenters. The number of carbonyl (C=O) groups is 8. The Morgan fingerprint density at radius 1 is 0.380 bits per heavy atom. The Hall–Kier alpha value is -4.60. The molecule has 14 N–H and O–H groups in total. The summed E-state index contributed by atoms with van der Waals surface area (Å²) in [6.07, 6.45) is -9.83. The molecule has 0 spiro atoms. The van der Waals surface area contributed by atoms with Gasteiger partial charge in [-0.25, -0.2) is 9.59 Å². The number of unbranched alkanes of at least 4 members (excludes halogenated alkanes) is 16. The number of carbonyl (C=O) groups excluding carboxylic acids is 6. The third-order valence-corrected chi connectivity index (χ3v) is 17.7. The molecule has 4 fully saturated rings. The predicted molar refractivity (Wildman–Crippen MR) is 350 cm³/mol. The van der Waals surface area contributed by atoms with Crippen molar-refractivity contribution in [2.75, 3.05) is 65.9 Å². The Balaban J connectivity index is 0.857. The molecular formula is C67H116N4O29. The van der Waals surface area contributed by atoms with Crippen molar-refractivity contribution < 1.29 is 142 Å². The highest BCUT2D eigenvalue weighted by molar-refractivity contribution is 5.80. The van der Waals surface area contributed by atoms with Crippen molar-refractivity contribution in [3.05, 3.63) is 0 Å². The zero-order valence-corrected chi connectivity index (χ0v) is 58.5. The summed E-state index contributed by atoms with van der Waals surface area (Å²) >= 11 is 0. The fourth-order valence-corrected chi connectivity index (χ4v) is 12.0. The van der Waals surface area contributed by atoms with Crippen LogP contribution in [0.25, 0.3) is 0 Å². The molecule has 100 heavy (non-hydrogen) atoms. The maximum Gasteiger partial charge on any atom is 0.335 e. The minimum absolute atomic E-state index is 0.0156. The molecule has 578 valence electrons. The highest BCUT2D eigenvalue weighted by Crippen LogP contribution is 2.33. The summed E-state index contributed by atoms with van der Waals surface area (Å²) in [6, 6.07) is -2.65. The second-order valence-electron chi connectivity index (χ2n) is 26.1.